The molecule has 4 unspecified atom stereocenters. The van der Waals surface area contributed by atoms with Crippen molar-refractivity contribution in [2.45, 2.75) is 83.1 Å². The number of nitrogens with zero attached hydrogens (tertiary/aromatic N) is 3. The Balaban J connectivity index is 1.13. The Hall–Kier alpha value is -2.78. The molecule has 3 saturated carbocycles. The number of esters is 1. The fourth-order valence-electron chi connectivity index (χ4n) is 10.0. The number of hydrogen-bond donors (Lipinski definition) is 1. The molecule has 4 aliphatic carbocycles. The number of piperazine rings is 1. The monoisotopic (exact) mass is 663 g/mol. The van der Waals surface area contributed by atoms with Gasteiger partial charge in [0.2, 0.25) is 5.78 Å². The summed E-state index contributed by atoms with van der Waals surface area (Å²) in [6.45, 7) is 10.0. The number of alkyl halides is 1. The number of halogens is 1. The van der Waals surface area contributed by atoms with Gasteiger partial charge in [-0.1, -0.05) is 19.9 Å². The van der Waals surface area contributed by atoms with E-state index in [1.54, 1.807) is 19.9 Å². The van der Waals surface area contributed by atoms with Crippen LogP contribution in [0.1, 0.15) is 53.4 Å². The molecule has 0 radical (unpaired) electrons. The lowest BCUT2D eigenvalue weighted by molar-refractivity contribution is -0.757. The van der Waals surface area contributed by atoms with Crippen LogP contribution >= 0.6 is 0 Å². The van der Waals surface area contributed by atoms with Gasteiger partial charge in [-0.15, -0.1) is 10.1 Å². The number of Topliss-reactive ketones (excluding diaryl/α,β-unsaturated/α-hetero) is 1. The van der Waals surface area contributed by atoms with Gasteiger partial charge in [0.15, 0.2) is 23.8 Å². The number of allylic oxidation sites excluding steroid dienone is 4. The first-order valence-corrected chi connectivity index (χ1v) is 16.7. The first-order chi connectivity index (χ1) is 22.1. The molecule has 5 fully saturated rings. The smallest absolute Gasteiger partial charge is 0.320 e. The van der Waals surface area contributed by atoms with Crippen molar-refractivity contribution >= 4 is 17.5 Å². The highest BCUT2D eigenvalue weighted by Crippen LogP contribution is 2.70. The molecule has 6 rings (SSSR count). The summed E-state index contributed by atoms with van der Waals surface area (Å²) in [5, 5.41) is 21.3. The predicted octanol–water partition coefficient (Wildman–Crippen LogP) is 2.04. The summed E-state index contributed by atoms with van der Waals surface area (Å²) in [5.74, 6) is -3.20. The lowest BCUT2D eigenvalue weighted by Crippen LogP contribution is -2.64. The average molecular weight is 664 g/mol. The van der Waals surface area contributed by atoms with Gasteiger partial charge in [0.05, 0.1) is 25.4 Å². The normalized spacial score (nSPS) is 40.9. The highest BCUT2D eigenvalue weighted by Gasteiger charge is 2.77. The van der Waals surface area contributed by atoms with Crippen molar-refractivity contribution in [2.75, 3.05) is 52.5 Å². The molecule has 6 aliphatic rings. The van der Waals surface area contributed by atoms with E-state index in [2.05, 4.69) is 9.74 Å². The fraction of sp³-hybridized carbons (Fsp3) is 0.788. The Kier molecular flexibility index (Phi) is 8.91. The second-order valence-corrected chi connectivity index (χ2v) is 15.0. The zero-order valence-corrected chi connectivity index (χ0v) is 27.5. The molecule has 2 aliphatic heterocycles. The molecule has 9 atom stereocenters. The SMILES string of the molecule is CC1(C)O[C@@H]2CC3C4C[C@H](F)C5=CC(=O)C=C[C@]5(C)C4C(O)C[C@]3(C)[C@]2(C(=O)COC(=O)CN2CCN(CCCO[N+](=O)[O-])CC2)O1. The van der Waals surface area contributed by atoms with Crippen LogP contribution in [-0.4, -0.2) is 120 Å². The molecule has 1 N–H and O–H groups in total. The molecule has 260 valence electrons. The molecular formula is C33H46FN3O10. The summed E-state index contributed by atoms with van der Waals surface area (Å²) < 4.78 is 34.3. The van der Waals surface area contributed by atoms with Crippen LogP contribution < -0.4 is 0 Å². The van der Waals surface area contributed by atoms with Crippen molar-refractivity contribution in [3.63, 3.8) is 0 Å². The van der Waals surface area contributed by atoms with Crippen molar-refractivity contribution in [2.24, 2.45) is 28.6 Å². The molecule has 2 heterocycles. The Morgan fingerprint density at radius 2 is 1.85 bits per heavy atom. The van der Waals surface area contributed by atoms with E-state index in [0.717, 1.165) is 0 Å². The second kappa shape index (κ2) is 12.3. The summed E-state index contributed by atoms with van der Waals surface area (Å²) in [4.78, 5) is 58.1. The summed E-state index contributed by atoms with van der Waals surface area (Å²) in [6.07, 6.45) is 2.92. The minimum atomic E-state index is -1.50. The molecule has 0 spiro atoms. The molecule has 47 heavy (non-hydrogen) atoms. The third-order valence-electron chi connectivity index (χ3n) is 11.9. The molecule has 0 bridgehead atoms. The van der Waals surface area contributed by atoms with Crippen LogP contribution in [0.2, 0.25) is 0 Å². The van der Waals surface area contributed by atoms with E-state index >= 15 is 4.39 Å². The van der Waals surface area contributed by atoms with Crippen LogP contribution in [0.5, 0.6) is 0 Å². The topological polar surface area (TPSA) is 158 Å². The number of carbonyl (C=O) groups is 3. The van der Waals surface area contributed by atoms with E-state index in [4.69, 9.17) is 14.2 Å². The van der Waals surface area contributed by atoms with Gasteiger partial charge in [0, 0.05) is 49.5 Å². The van der Waals surface area contributed by atoms with Gasteiger partial charge in [0.25, 0.3) is 5.09 Å². The van der Waals surface area contributed by atoms with E-state index in [-0.39, 0.29) is 49.5 Å². The zero-order valence-electron chi connectivity index (χ0n) is 27.5. The maximum absolute atomic E-state index is 15.8. The molecular weight excluding hydrogens is 617 g/mol. The minimum absolute atomic E-state index is 0.00946. The maximum Gasteiger partial charge on any atom is 0.320 e. The van der Waals surface area contributed by atoms with Gasteiger partial charge in [-0.25, -0.2) is 4.39 Å². The molecule has 13 nitrogen and oxygen atoms in total. The number of fused-ring (bicyclic) bond motifs is 7. The predicted molar refractivity (Wildman–Crippen MR) is 163 cm³/mol. The number of carbonyl (C=O) groups excluding carboxylic acids is 3. The van der Waals surface area contributed by atoms with E-state index in [9.17, 15) is 29.6 Å². The number of hydrogen-bond acceptors (Lipinski definition) is 12. The average Bonchev–Trinajstić information content (AvgIpc) is 3.41. The van der Waals surface area contributed by atoms with Crippen LogP contribution in [0, 0.1) is 38.7 Å². The van der Waals surface area contributed by atoms with Crippen LogP contribution in [0.4, 0.5) is 4.39 Å². The Morgan fingerprint density at radius 1 is 1.15 bits per heavy atom. The number of aliphatic hydroxyl groups is 1. The van der Waals surface area contributed by atoms with Crippen molar-refractivity contribution in [3.8, 4) is 0 Å². The van der Waals surface area contributed by atoms with Gasteiger partial charge in [-0.2, -0.15) is 0 Å². The molecule has 0 amide bonds. The van der Waals surface area contributed by atoms with Crippen LogP contribution in [0.15, 0.2) is 23.8 Å². The third-order valence-corrected chi connectivity index (χ3v) is 11.9. The van der Waals surface area contributed by atoms with Crippen molar-refractivity contribution in [1.82, 2.24) is 9.80 Å². The first kappa shape index (κ1) is 34.1. The van der Waals surface area contributed by atoms with Gasteiger partial charge >= 0.3 is 5.97 Å². The Bertz CT molecular complexity index is 1360. The maximum atomic E-state index is 15.8. The van der Waals surface area contributed by atoms with Gasteiger partial charge in [-0.05, 0) is 69.1 Å². The summed E-state index contributed by atoms with van der Waals surface area (Å²) >= 11 is 0. The quantitative estimate of drug-likeness (QED) is 0.157. The Labute approximate surface area is 273 Å². The van der Waals surface area contributed by atoms with Crippen LogP contribution in [0.25, 0.3) is 0 Å². The van der Waals surface area contributed by atoms with Gasteiger partial charge in [0.1, 0.15) is 6.17 Å². The highest BCUT2D eigenvalue weighted by atomic mass is 19.1. The number of ether oxygens (including phenoxy) is 3. The van der Waals surface area contributed by atoms with E-state index in [1.807, 2.05) is 18.7 Å². The molecule has 0 aromatic carbocycles. The molecule has 0 aromatic rings. The third kappa shape index (κ3) is 5.83. The standard InChI is InChI=1S/C33H46FN3O10/c1-30(2)46-27-16-22-21-15-24(34)23-14-20(38)6-7-31(23,3)29(21)25(39)17-32(22,4)33(27,47-30)26(40)19-44-28(41)18-36-11-9-35(10-12-36)8-5-13-45-37(42)43/h6-7,14,21-22,24-25,27,29,39H,5,8-13,15-19H2,1-4H3/t21?,22?,24-,25?,27+,29?,31-,32-,33+/m0/s1. The van der Waals surface area contributed by atoms with E-state index in [0.29, 0.717) is 51.1 Å². The fourth-order valence-corrected chi connectivity index (χ4v) is 10.0. The van der Waals surface area contributed by atoms with Crippen molar-refractivity contribution in [1.29, 1.82) is 0 Å². The minimum Gasteiger partial charge on any atom is -0.457 e. The van der Waals surface area contributed by atoms with Crippen molar-refractivity contribution in [3.05, 3.63) is 33.9 Å². The summed E-state index contributed by atoms with van der Waals surface area (Å²) in [7, 11) is 0. The van der Waals surface area contributed by atoms with E-state index < -0.39 is 64.0 Å². The zero-order chi connectivity index (χ0) is 33.9. The largest absolute Gasteiger partial charge is 0.457 e. The van der Waals surface area contributed by atoms with Gasteiger partial charge < -0.3 is 29.1 Å². The van der Waals surface area contributed by atoms with E-state index in [1.165, 1.54) is 12.2 Å². The van der Waals surface area contributed by atoms with Gasteiger partial charge in [-0.3, -0.25) is 19.3 Å². The summed E-state index contributed by atoms with van der Waals surface area (Å²) in [6, 6.07) is 0. The molecule has 2 saturated heterocycles. The lowest BCUT2D eigenvalue weighted by atomic mass is 9.46. The molecule has 14 heteroatoms. The van der Waals surface area contributed by atoms with Crippen LogP contribution in [0.3, 0.4) is 0 Å². The number of rotatable bonds is 10. The van der Waals surface area contributed by atoms with Crippen molar-refractivity contribution < 1.29 is 48.0 Å². The number of aliphatic hydroxyl groups excluding tert-OH is 1. The number of ketones is 2. The Morgan fingerprint density at radius 3 is 2.55 bits per heavy atom. The molecule has 0 aromatic heterocycles. The first-order valence-electron chi connectivity index (χ1n) is 16.7. The second-order valence-electron chi connectivity index (χ2n) is 15.0. The highest BCUT2D eigenvalue weighted by molar-refractivity contribution is 6.01. The lowest BCUT2D eigenvalue weighted by Gasteiger charge is -2.60. The van der Waals surface area contributed by atoms with Crippen LogP contribution in [-0.2, 0) is 33.4 Å². The summed E-state index contributed by atoms with van der Waals surface area (Å²) in [5.41, 5.74) is -2.86.